The molecule has 1 heterocycles. The highest BCUT2D eigenvalue weighted by Gasteiger charge is 2.06. The molecule has 6 nitrogen and oxygen atoms in total. The van der Waals surface area contributed by atoms with Crippen LogP contribution in [-0.4, -0.2) is 48.4 Å². The number of ether oxygens (including phenoxy) is 1. The molecule has 7 heteroatoms. The third kappa shape index (κ3) is 7.11. The van der Waals surface area contributed by atoms with Gasteiger partial charge in [0.05, 0.1) is 17.1 Å². The second-order valence-corrected chi connectivity index (χ2v) is 6.35. The summed E-state index contributed by atoms with van der Waals surface area (Å²) in [6.45, 7) is 9.62. The molecular weight excluding hydrogens is 441 g/mol. The smallest absolute Gasteiger partial charge is 0.190 e. The molecule has 1 aromatic heterocycles. The van der Waals surface area contributed by atoms with Crippen LogP contribution in [0.4, 0.5) is 0 Å². The fraction of sp³-hybridized carbons (Fsp3) is 0.579. The van der Waals surface area contributed by atoms with Crippen molar-refractivity contribution in [1.29, 1.82) is 0 Å². The molecule has 0 atom stereocenters. The van der Waals surface area contributed by atoms with Gasteiger partial charge in [-0.05, 0) is 45.7 Å². The minimum atomic E-state index is 0. The topological polar surface area (TPSA) is 63.5 Å². The molecule has 0 saturated heterocycles. The standard InChI is InChI=1S/C19H31N5O.HI/c1-15(2)25-14-8-12-22-19(20-4)21-11-7-13-24-16(3)23-17-9-5-6-10-18(17)24;/h5-6,9-10,15H,7-8,11-14H2,1-4H3,(H2,20,21,22);1H. The Morgan fingerprint density at radius 3 is 2.58 bits per heavy atom. The molecule has 2 N–H and O–H groups in total. The Balaban J connectivity index is 0.00000338. The normalized spacial score (nSPS) is 11.7. The zero-order valence-electron chi connectivity index (χ0n) is 16.3. The number of hydrogen-bond donors (Lipinski definition) is 2. The van der Waals surface area contributed by atoms with Gasteiger partial charge in [-0.1, -0.05) is 12.1 Å². The highest BCUT2D eigenvalue weighted by Crippen LogP contribution is 2.15. The quantitative estimate of drug-likeness (QED) is 0.254. The molecule has 0 aliphatic carbocycles. The van der Waals surface area contributed by atoms with Gasteiger partial charge >= 0.3 is 0 Å². The number of guanidine groups is 1. The molecule has 1 aromatic carbocycles. The van der Waals surface area contributed by atoms with Gasteiger partial charge in [0.15, 0.2) is 5.96 Å². The lowest BCUT2D eigenvalue weighted by molar-refractivity contribution is 0.0776. The number of rotatable bonds is 9. The first-order valence-corrected chi connectivity index (χ1v) is 9.10. The van der Waals surface area contributed by atoms with Crippen LogP contribution >= 0.6 is 24.0 Å². The molecule has 0 fully saturated rings. The third-order valence-corrected chi connectivity index (χ3v) is 3.98. The molecule has 26 heavy (non-hydrogen) atoms. The van der Waals surface area contributed by atoms with Crippen LogP contribution in [0.15, 0.2) is 29.3 Å². The van der Waals surface area contributed by atoms with Crippen molar-refractivity contribution in [2.45, 2.75) is 46.3 Å². The summed E-state index contributed by atoms with van der Waals surface area (Å²) in [7, 11) is 1.80. The van der Waals surface area contributed by atoms with Crippen LogP contribution in [0.1, 0.15) is 32.5 Å². The molecule has 0 saturated carbocycles. The first-order chi connectivity index (χ1) is 12.1. The van der Waals surface area contributed by atoms with Crippen molar-refractivity contribution in [3.8, 4) is 0 Å². The van der Waals surface area contributed by atoms with Crippen LogP contribution in [0, 0.1) is 6.92 Å². The fourth-order valence-corrected chi connectivity index (χ4v) is 2.74. The van der Waals surface area contributed by atoms with Gasteiger partial charge in [-0.2, -0.15) is 0 Å². The van der Waals surface area contributed by atoms with E-state index >= 15 is 0 Å². The van der Waals surface area contributed by atoms with Crippen LogP contribution in [0.2, 0.25) is 0 Å². The molecule has 0 bridgehead atoms. The van der Waals surface area contributed by atoms with Crippen molar-refractivity contribution >= 4 is 41.0 Å². The van der Waals surface area contributed by atoms with Crippen LogP contribution in [0.5, 0.6) is 0 Å². The maximum atomic E-state index is 5.53. The van der Waals surface area contributed by atoms with Gasteiger partial charge in [-0.3, -0.25) is 4.99 Å². The summed E-state index contributed by atoms with van der Waals surface area (Å²) in [5, 5.41) is 6.68. The van der Waals surface area contributed by atoms with Gasteiger partial charge in [0, 0.05) is 33.3 Å². The molecule has 0 spiro atoms. The Bertz CT molecular complexity index is 684. The van der Waals surface area contributed by atoms with E-state index in [0.717, 1.165) is 56.4 Å². The number of hydrogen-bond acceptors (Lipinski definition) is 3. The first kappa shape index (κ1) is 22.7. The molecule has 2 aromatic rings. The summed E-state index contributed by atoms with van der Waals surface area (Å²) in [6.07, 6.45) is 2.28. The summed E-state index contributed by atoms with van der Waals surface area (Å²) < 4.78 is 7.81. The van der Waals surface area contributed by atoms with Gasteiger partial charge in [-0.15, -0.1) is 24.0 Å². The van der Waals surface area contributed by atoms with E-state index in [1.54, 1.807) is 7.05 Å². The van der Waals surface area contributed by atoms with E-state index in [1.165, 1.54) is 5.52 Å². The second-order valence-electron chi connectivity index (χ2n) is 6.35. The van der Waals surface area contributed by atoms with E-state index in [2.05, 4.69) is 64.1 Å². The SMILES string of the molecule is CN=C(NCCCOC(C)C)NCCCn1c(C)nc2ccccc21.I. The highest BCUT2D eigenvalue weighted by molar-refractivity contribution is 14.0. The molecule has 0 amide bonds. The number of para-hydroxylation sites is 2. The number of nitrogens with zero attached hydrogens (tertiary/aromatic N) is 3. The Labute approximate surface area is 173 Å². The van der Waals surface area contributed by atoms with Crippen LogP contribution < -0.4 is 10.6 Å². The van der Waals surface area contributed by atoms with Gasteiger partial charge in [0.1, 0.15) is 5.82 Å². The number of aliphatic imine (C=N–C) groups is 1. The Kier molecular flexibility index (Phi) is 10.6. The van der Waals surface area contributed by atoms with E-state index in [9.17, 15) is 0 Å². The average molecular weight is 473 g/mol. The average Bonchev–Trinajstić information content (AvgIpc) is 2.91. The van der Waals surface area contributed by atoms with Crippen molar-refractivity contribution in [2.24, 2.45) is 4.99 Å². The summed E-state index contributed by atoms with van der Waals surface area (Å²) in [6, 6.07) is 8.28. The first-order valence-electron chi connectivity index (χ1n) is 9.10. The Morgan fingerprint density at radius 1 is 1.19 bits per heavy atom. The van der Waals surface area contributed by atoms with Crippen molar-refractivity contribution in [1.82, 2.24) is 20.2 Å². The number of aromatic nitrogens is 2. The predicted molar refractivity (Wildman–Crippen MR) is 120 cm³/mol. The maximum absolute atomic E-state index is 5.53. The number of halogens is 1. The summed E-state index contributed by atoms with van der Waals surface area (Å²) >= 11 is 0. The van der Waals surface area contributed by atoms with E-state index in [4.69, 9.17) is 4.74 Å². The van der Waals surface area contributed by atoms with Gasteiger partial charge in [0.2, 0.25) is 0 Å². The number of imidazole rings is 1. The van der Waals surface area contributed by atoms with Gasteiger partial charge < -0.3 is 19.9 Å². The zero-order valence-corrected chi connectivity index (χ0v) is 18.6. The fourth-order valence-electron chi connectivity index (χ4n) is 2.74. The second kappa shape index (κ2) is 12.1. The minimum Gasteiger partial charge on any atom is -0.379 e. The lowest BCUT2D eigenvalue weighted by Crippen LogP contribution is -2.38. The zero-order chi connectivity index (χ0) is 18.1. The number of benzene rings is 1. The minimum absolute atomic E-state index is 0. The molecule has 0 radical (unpaired) electrons. The van der Waals surface area contributed by atoms with Gasteiger partial charge in [-0.25, -0.2) is 4.98 Å². The van der Waals surface area contributed by atoms with Crippen LogP contribution in [0.3, 0.4) is 0 Å². The van der Waals surface area contributed by atoms with Gasteiger partial charge in [0.25, 0.3) is 0 Å². The Hall–Kier alpha value is -1.35. The molecular formula is C19H32IN5O. The molecule has 2 rings (SSSR count). The molecule has 146 valence electrons. The van der Waals surface area contributed by atoms with E-state index in [-0.39, 0.29) is 24.0 Å². The predicted octanol–water partition coefficient (Wildman–Crippen LogP) is 3.33. The van der Waals surface area contributed by atoms with Crippen LogP contribution in [-0.2, 0) is 11.3 Å². The lowest BCUT2D eigenvalue weighted by Gasteiger charge is -2.13. The van der Waals surface area contributed by atoms with Crippen molar-refractivity contribution in [3.63, 3.8) is 0 Å². The number of nitrogens with one attached hydrogen (secondary N) is 2. The summed E-state index contributed by atoms with van der Waals surface area (Å²) in [4.78, 5) is 8.87. The van der Waals surface area contributed by atoms with E-state index in [1.807, 2.05) is 6.07 Å². The third-order valence-electron chi connectivity index (χ3n) is 3.98. The lowest BCUT2D eigenvalue weighted by atomic mass is 10.3. The number of aryl methyl sites for hydroxylation is 2. The Morgan fingerprint density at radius 2 is 1.88 bits per heavy atom. The number of fused-ring (bicyclic) bond motifs is 1. The maximum Gasteiger partial charge on any atom is 0.190 e. The van der Waals surface area contributed by atoms with Crippen molar-refractivity contribution < 1.29 is 4.74 Å². The molecule has 0 aliphatic heterocycles. The molecule has 0 aliphatic rings. The van der Waals surface area contributed by atoms with Crippen LogP contribution in [0.25, 0.3) is 11.0 Å². The summed E-state index contributed by atoms with van der Waals surface area (Å²) in [5.74, 6) is 1.91. The van der Waals surface area contributed by atoms with E-state index in [0.29, 0.717) is 6.10 Å². The van der Waals surface area contributed by atoms with E-state index < -0.39 is 0 Å². The highest BCUT2D eigenvalue weighted by atomic mass is 127. The largest absolute Gasteiger partial charge is 0.379 e. The summed E-state index contributed by atoms with van der Waals surface area (Å²) in [5.41, 5.74) is 2.27. The monoisotopic (exact) mass is 473 g/mol. The molecule has 0 unspecified atom stereocenters. The van der Waals surface area contributed by atoms with Crippen molar-refractivity contribution in [2.75, 3.05) is 26.7 Å². The van der Waals surface area contributed by atoms with Crippen molar-refractivity contribution in [3.05, 3.63) is 30.1 Å².